The predicted octanol–water partition coefficient (Wildman–Crippen LogP) is 3.78. The van der Waals surface area contributed by atoms with E-state index in [9.17, 15) is 18.4 Å². The number of hydrogen-bond acceptors (Lipinski definition) is 3. The summed E-state index contributed by atoms with van der Waals surface area (Å²) in [5.41, 5.74) is 1.01. The first-order chi connectivity index (χ1) is 12.4. The summed E-state index contributed by atoms with van der Waals surface area (Å²) in [5.74, 6) is -3.17. The van der Waals surface area contributed by atoms with Gasteiger partial charge in [0.2, 0.25) is 11.8 Å². The highest BCUT2D eigenvalue weighted by Gasteiger charge is 2.15. The summed E-state index contributed by atoms with van der Waals surface area (Å²) in [5, 5.41) is 4.66. The fourth-order valence-electron chi connectivity index (χ4n) is 2.50. The average molecular weight is 361 g/mol. The molecule has 2 amide bonds. The molecule has 0 heterocycles. The molecule has 5 nitrogen and oxygen atoms in total. The van der Waals surface area contributed by atoms with Gasteiger partial charge in [0.05, 0.1) is 0 Å². The van der Waals surface area contributed by atoms with E-state index in [0.29, 0.717) is 5.69 Å². The first-order valence-corrected chi connectivity index (χ1v) is 8.33. The standard InChI is InChI=1S/C19H21F2N3O2/c1-3-24(4-2)14-10-8-13(9-11-14)22-17(25)12-18(26)23-19-15(20)6-5-7-16(19)21/h5-11H,3-4,12H2,1-2H3,(H,22,25)(H,23,26). The Labute approximate surface area is 151 Å². The van der Waals surface area contributed by atoms with Crippen molar-refractivity contribution in [3.63, 3.8) is 0 Å². The smallest absolute Gasteiger partial charge is 0.233 e. The molecule has 7 heteroatoms. The number of carbonyl (C=O) groups is 2. The highest BCUT2D eigenvalue weighted by molar-refractivity contribution is 6.08. The summed E-state index contributed by atoms with van der Waals surface area (Å²) < 4.78 is 27.0. The number of halogens is 2. The van der Waals surface area contributed by atoms with E-state index in [1.54, 1.807) is 12.1 Å². The molecule has 138 valence electrons. The van der Waals surface area contributed by atoms with E-state index in [2.05, 4.69) is 29.4 Å². The van der Waals surface area contributed by atoms with Crippen molar-refractivity contribution >= 4 is 28.9 Å². The van der Waals surface area contributed by atoms with Crippen LogP contribution in [-0.4, -0.2) is 24.9 Å². The van der Waals surface area contributed by atoms with E-state index in [4.69, 9.17) is 0 Å². The Morgan fingerprint density at radius 1 is 0.885 bits per heavy atom. The fraction of sp³-hybridized carbons (Fsp3) is 0.263. The van der Waals surface area contributed by atoms with Gasteiger partial charge in [-0.3, -0.25) is 9.59 Å². The van der Waals surface area contributed by atoms with Gasteiger partial charge in [-0.25, -0.2) is 8.78 Å². The second-order valence-corrected chi connectivity index (χ2v) is 5.59. The Morgan fingerprint density at radius 2 is 1.42 bits per heavy atom. The monoisotopic (exact) mass is 361 g/mol. The summed E-state index contributed by atoms with van der Waals surface area (Å²) >= 11 is 0. The number of nitrogens with one attached hydrogen (secondary N) is 2. The average Bonchev–Trinajstić information content (AvgIpc) is 2.60. The maximum Gasteiger partial charge on any atom is 0.233 e. The van der Waals surface area contributed by atoms with Crippen molar-refractivity contribution in [2.45, 2.75) is 20.3 Å². The molecule has 0 fully saturated rings. The van der Waals surface area contributed by atoms with E-state index >= 15 is 0 Å². The Bertz CT molecular complexity index is 755. The highest BCUT2D eigenvalue weighted by atomic mass is 19.1. The molecular formula is C19H21F2N3O2. The minimum Gasteiger partial charge on any atom is -0.372 e. The van der Waals surface area contributed by atoms with Crippen molar-refractivity contribution in [2.75, 3.05) is 28.6 Å². The normalized spacial score (nSPS) is 10.3. The molecule has 0 saturated carbocycles. The second-order valence-electron chi connectivity index (χ2n) is 5.59. The van der Waals surface area contributed by atoms with Gasteiger partial charge in [-0.15, -0.1) is 0 Å². The minimum absolute atomic E-state index is 0.538. The van der Waals surface area contributed by atoms with Crippen LogP contribution in [0.4, 0.5) is 25.8 Å². The van der Waals surface area contributed by atoms with Gasteiger partial charge in [0.1, 0.15) is 23.7 Å². The van der Waals surface area contributed by atoms with Crippen LogP contribution in [0.2, 0.25) is 0 Å². The molecule has 0 aliphatic carbocycles. The van der Waals surface area contributed by atoms with Crippen LogP contribution in [0.25, 0.3) is 0 Å². The van der Waals surface area contributed by atoms with E-state index < -0.39 is 35.6 Å². The van der Waals surface area contributed by atoms with Gasteiger partial charge >= 0.3 is 0 Å². The summed E-state index contributed by atoms with van der Waals surface area (Å²) in [6.07, 6.45) is -0.550. The minimum atomic E-state index is -0.897. The Hall–Kier alpha value is -2.96. The van der Waals surface area contributed by atoms with E-state index in [-0.39, 0.29) is 0 Å². The number of para-hydroxylation sites is 1. The molecule has 0 unspecified atom stereocenters. The van der Waals surface area contributed by atoms with Crippen molar-refractivity contribution in [1.82, 2.24) is 0 Å². The summed E-state index contributed by atoms with van der Waals surface area (Å²) in [4.78, 5) is 25.9. The molecular weight excluding hydrogens is 340 g/mol. The summed E-state index contributed by atoms with van der Waals surface area (Å²) in [6, 6.07) is 10.5. The van der Waals surface area contributed by atoms with Gasteiger partial charge in [-0.05, 0) is 50.2 Å². The van der Waals surface area contributed by atoms with E-state index in [0.717, 1.165) is 30.9 Å². The topological polar surface area (TPSA) is 61.4 Å². The molecule has 0 bridgehead atoms. The first kappa shape index (κ1) is 19.4. The van der Waals surface area contributed by atoms with Crippen LogP contribution in [-0.2, 0) is 9.59 Å². The van der Waals surface area contributed by atoms with Crippen LogP contribution in [0, 0.1) is 11.6 Å². The molecule has 2 rings (SSSR count). The third kappa shape index (κ3) is 5.02. The quantitative estimate of drug-likeness (QED) is 0.738. The molecule has 0 radical (unpaired) electrons. The molecule has 0 spiro atoms. The lowest BCUT2D eigenvalue weighted by atomic mass is 10.2. The molecule has 2 aromatic rings. The molecule has 0 aliphatic rings. The number of benzene rings is 2. The molecule has 0 saturated heterocycles. The zero-order valence-electron chi connectivity index (χ0n) is 14.7. The van der Waals surface area contributed by atoms with Gasteiger partial charge in [-0.2, -0.15) is 0 Å². The molecule has 26 heavy (non-hydrogen) atoms. The summed E-state index contributed by atoms with van der Waals surface area (Å²) in [6.45, 7) is 5.84. The van der Waals surface area contributed by atoms with Crippen LogP contribution < -0.4 is 15.5 Å². The lowest BCUT2D eigenvalue weighted by Crippen LogP contribution is -2.23. The molecule has 2 aromatic carbocycles. The SMILES string of the molecule is CCN(CC)c1ccc(NC(=O)CC(=O)Nc2c(F)cccc2F)cc1. The Balaban J connectivity index is 1.93. The third-order valence-corrected chi connectivity index (χ3v) is 3.83. The van der Waals surface area contributed by atoms with Crippen molar-refractivity contribution in [3.05, 3.63) is 54.1 Å². The number of carbonyl (C=O) groups excluding carboxylic acids is 2. The lowest BCUT2D eigenvalue weighted by Gasteiger charge is -2.21. The largest absolute Gasteiger partial charge is 0.372 e. The van der Waals surface area contributed by atoms with Crippen molar-refractivity contribution in [1.29, 1.82) is 0 Å². The molecule has 0 aromatic heterocycles. The zero-order valence-corrected chi connectivity index (χ0v) is 14.7. The van der Waals surface area contributed by atoms with Crippen LogP contribution >= 0.6 is 0 Å². The van der Waals surface area contributed by atoms with Gasteiger partial charge in [0, 0.05) is 24.5 Å². The second kappa shape index (κ2) is 8.94. The summed E-state index contributed by atoms with van der Waals surface area (Å²) in [7, 11) is 0. The number of rotatable bonds is 7. The van der Waals surface area contributed by atoms with Gasteiger partial charge in [0.15, 0.2) is 0 Å². The van der Waals surface area contributed by atoms with E-state index in [1.165, 1.54) is 6.07 Å². The van der Waals surface area contributed by atoms with Gasteiger partial charge < -0.3 is 15.5 Å². The molecule has 0 aliphatic heterocycles. The Morgan fingerprint density at radius 3 is 1.96 bits per heavy atom. The number of anilines is 3. The third-order valence-electron chi connectivity index (χ3n) is 3.83. The Kier molecular flexibility index (Phi) is 6.66. The maximum absolute atomic E-state index is 13.5. The maximum atomic E-state index is 13.5. The van der Waals surface area contributed by atoms with Crippen LogP contribution in [0.3, 0.4) is 0 Å². The van der Waals surface area contributed by atoms with Crippen molar-refractivity contribution in [3.8, 4) is 0 Å². The number of nitrogens with zero attached hydrogens (tertiary/aromatic N) is 1. The first-order valence-electron chi connectivity index (χ1n) is 8.33. The molecule has 2 N–H and O–H groups in total. The van der Waals surface area contributed by atoms with Gasteiger partial charge in [-0.1, -0.05) is 6.07 Å². The van der Waals surface area contributed by atoms with Gasteiger partial charge in [0.25, 0.3) is 0 Å². The predicted molar refractivity (Wildman–Crippen MR) is 98.2 cm³/mol. The lowest BCUT2D eigenvalue weighted by molar-refractivity contribution is -0.123. The zero-order chi connectivity index (χ0) is 19.1. The van der Waals surface area contributed by atoms with Crippen LogP contribution in [0.1, 0.15) is 20.3 Å². The van der Waals surface area contributed by atoms with E-state index in [1.807, 2.05) is 12.1 Å². The van der Waals surface area contributed by atoms with Crippen molar-refractivity contribution in [2.24, 2.45) is 0 Å². The van der Waals surface area contributed by atoms with Crippen molar-refractivity contribution < 1.29 is 18.4 Å². The van der Waals surface area contributed by atoms with Crippen LogP contribution in [0.5, 0.6) is 0 Å². The number of hydrogen-bond donors (Lipinski definition) is 2. The fourth-order valence-corrected chi connectivity index (χ4v) is 2.50. The molecule has 0 atom stereocenters. The van der Waals surface area contributed by atoms with Crippen LogP contribution in [0.15, 0.2) is 42.5 Å². The highest BCUT2D eigenvalue weighted by Crippen LogP contribution is 2.19. The number of amides is 2.